The Morgan fingerprint density at radius 1 is 1.28 bits per heavy atom. The van der Waals surface area contributed by atoms with Gasteiger partial charge in [-0.15, -0.1) is 0 Å². The number of morpholine rings is 1. The van der Waals surface area contributed by atoms with E-state index in [4.69, 9.17) is 16.3 Å². The molecule has 0 aliphatic carbocycles. The van der Waals surface area contributed by atoms with Crippen molar-refractivity contribution in [3.8, 4) is 11.3 Å². The van der Waals surface area contributed by atoms with Crippen molar-refractivity contribution in [1.82, 2.24) is 14.5 Å². The van der Waals surface area contributed by atoms with Gasteiger partial charge in [0, 0.05) is 29.7 Å². The molecule has 1 aromatic carbocycles. The number of benzene rings is 1. The topological polar surface area (TPSA) is 60.3 Å². The van der Waals surface area contributed by atoms with Gasteiger partial charge in [0.1, 0.15) is 23.6 Å². The summed E-state index contributed by atoms with van der Waals surface area (Å²) in [4.78, 5) is 24.1. The molecule has 0 spiro atoms. The van der Waals surface area contributed by atoms with Crippen LogP contribution >= 0.6 is 11.6 Å². The number of pyridine rings is 1. The summed E-state index contributed by atoms with van der Waals surface area (Å²) in [6.45, 7) is 4.47. The number of aromatic nitrogens is 3. The average Bonchev–Trinajstić information content (AvgIpc) is 2.76. The zero-order chi connectivity index (χ0) is 23.0. The van der Waals surface area contributed by atoms with Crippen LogP contribution in [-0.4, -0.2) is 46.8 Å². The third kappa shape index (κ3) is 4.19. The molecule has 32 heavy (non-hydrogen) atoms. The second-order valence-electron chi connectivity index (χ2n) is 7.65. The van der Waals surface area contributed by atoms with Crippen LogP contribution in [-0.2, 0) is 11.3 Å². The minimum atomic E-state index is -2.65. The van der Waals surface area contributed by atoms with Gasteiger partial charge in [0.05, 0.1) is 29.7 Å². The van der Waals surface area contributed by atoms with Gasteiger partial charge in [-0.1, -0.05) is 18.5 Å². The van der Waals surface area contributed by atoms with Crippen LogP contribution in [0.25, 0.3) is 22.2 Å². The normalized spacial score (nSPS) is 16.8. The first-order valence-electron chi connectivity index (χ1n) is 10.3. The van der Waals surface area contributed by atoms with Crippen LogP contribution in [0.5, 0.6) is 0 Å². The fraction of sp³-hybridized carbons (Fsp3) is 0.409. The van der Waals surface area contributed by atoms with Gasteiger partial charge in [0.15, 0.2) is 0 Å². The first-order chi connectivity index (χ1) is 15.3. The Balaban J connectivity index is 1.97. The van der Waals surface area contributed by atoms with E-state index in [9.17, 15) is 18.0 Å². The lowest BCUT2D eigenvalue weighted by atomic mass is 10.1. The molecular weight excluding hydrogens is 445 g/mol. The van der Waals surface area contributed by atoms with E-state index in [-0.39, 0.29) is 40.4 Å². The largest absolute Gasteiger partial charge is 0.369 e. The quantitative estimate of drug-likeness (QED) is 0.556. The predicted octanol–water partition coefficient (Wildman–Crippen LogP) is 4.44. The van der Waals surface area contributed by atoms with Crippen molar-refractivity contribution in [1.29, 1.82) is 0 Å². The molecule has 1 aliphatic heterocycles. The third-order valence-corrected chi connectivity index (χ3v) is 5.68. The van der Waals surface area contributed by atoms with Gasteiger partial charge < -0.3 is 9.64 Å². The molecule has 0 amide bonds. The molecule has 3 heterocycles. The lowest BCUT2D eigenvalue weighted by Gasteiger charge is -2.33. The van der Waals surface area contributed by atoms with E-state index >= 15 is 0 Å². The summed E-state index contributed by atoms with van der Waals surface area (Å²) in [5.74, 6) is 0.199. The Morgan fingerprint density at radius 3 is 2.75 bits per heavy atom. The Labute approximate surface area is 187 Å². The second-order valence-corrected chi connectivity index (χ2v) is 8.09. The monoisotopic (exact) mass is 466 g/mol. The molecule has 0 N–H and O–H groups in total. The van der Waals surface area contributed by atoms with Crippen LogP contribution in [0.1, 0.15) is 19.2 Å². The number of nitrogens with zero attached hydrogens (tertiary/aromatic N) is 4. The molecule has 170 valence electrons. The number of rotatable bonds is 5. The molecule has 1 fully saturated rings. The smallest absolute Gasteiger partial charge is 0.266 e. The van der Waals surface area contributed by atoms with Crippen LogP contribution in [0.2, 0.25) is 5.02 Å². The fourth-order valence-corrected chi connectivity index (χ4v) is 4.05. The van der Waals surface area contributed by atoms with E-state index in [1.54, 1.807) is 17.9 Å². The van der Waals surface area contributed by atoms with Crippen molar-refractivity contribution in [2.24, 2.45) is 0 Å². The van der Waals surface area contributed by atoms with E-state index in [2.05, 4.69) is 9.97 Å². The molecular formula is C22H22ClF3N4O2. The number of aryl methyl sites for hydroxylation is 1. The number of ether oxygens (including phenoxy) is 1. The van der Waals surface area contributed by atoms with Crippen molar-refractivity contribution in [2.45, 2.75) is 39.3 Å². The summed E-state index contributed by atoms with van der Waals surface area (Å²) in [7, 11) is 0. The highest BCUT2D eigenvalue weighted by Gasteiger charge is 2.30. The first-order valence-corrected chi connectivity index (χ1v) is 10.7. The summed E-state index contributed by atoms with van der Waals surface area (Å²) >= 11 is 5.91. The van der Waals surface area contributed by atoms with Crippen LogP contribution in [0, 0.1) is 12.7 Å². The standard InChI is InChI=1S/C22H22ClF3N4O2/c1-3-6-30-12(2)27-16-10-18(29-7-8-32-17(11-29)21(25)26)28-20(19(16)22(30)31)14-5-4-13(23)9-15(14)24/h4-5,9-10,17,21H,3,6-8,11H2,1-2H3/t17-/m1/s1. The Morgan fingerprint density at radius 2 is 2.06 bits per heavy atom. The maximum atomic E-state index is 14.9. The summed E-state index contributed by atoms with van der Waals surface area (Å²) in [5.41, 5.74) is 0.194. The molecule has 1 aliphatic rings. The molecule has 4 rings (SSSR count). The van der Waals surface area contributed by atoms with Crippen LogP contribution in [0.15, 0.2) is 29.1 Å². The minimum absolute atomic E-state index is 0.0788. The van der Waals surface area contributed by atoms with Crippen molar-refractivity contribution in [2.75, 3.05) is 24.6 Å². The average molecular weight is 467 g/mol. The lowest BCUT2D eigenvalue weighted by molar-refractivity contribution is -0.0615. The molecule has 6 nitrogen and oxygen atoms in total. The summed E-state index contributed by atoms with van der Waals surface area (Å²) < 4.78 is 48.0. The number of fused-ring (bicyclic) bond motifs is 1. The van der Waals surface area contributed by atoms with Gasteiger partial charge in [-0.3, -0.25) is 9.36 Å². The number of hydrogen-bond acceptors (Lipinski definition) is 5. The predicted molar refractivity (Wildman–Crippen MR) is 117 cm³/mol. The molecule has 10 heteroatoms. The van der Waals surface area contributed by atoms with Gasteiger partial charge in [-0.05, 0) is 31.5 Å². The molecule has 0 radical (unpaired) electrons. The molecule has 1 saturated heterocycles. The zero-order valence-electron chi connectivity index (χ0n) is 17.6. The van der Waals surface area contributed by atoms with Crippen LogP contribution in [0.4, 0.5) is 19.0 Å². The maximum Gasteiger partial charge on any atom is 0.266 e. The SMILES string of the molecule is CCCn1c(C)nc2cc(N3CCO[C@@H](C(F)F)C3)nc(-c3ccc(Cl)cc3F)c2c1=O. The Bertz CT molecular complexity index is 1220. The first kappa shape index (κ1) is 22.5. The highest BCUT2D eigenvalue weighted by Crippen LogP contribution is 2.32. The van der Waals surface area contributed by atoms with Gasteiger partial charge in [0.2, 0.25) is 0 Å². The Hall–Kier alpha value is -2.65. The van der Waals surface area contributed by atoms with E-state index in [1.807, 2.05) is 6.92 Å². The highest BCUT2D eigenvalue weighted by atomic mass is 35.5. The molecule has 0 bridgehead atoms. The summed E-state index contributed by atoms with van der Waals surface area (Å²) in [6.07, 6.45) is -3.19. The van der Waals surface area contributed by atoms with Crippen LogP contribution in [0.3, 0.4) is 0 Å². The van der Waals surface area contributed by atoms with E-state index in [1.165, 1.54) is 16.7 Å². The number of halogens is 4. The number of hydrogen-bond donors (Lipinski definition) is 0. The highest BCUT2D eigenvalue weighted by molar-refractivity contribution is 6.30. The third-order valence-electron chi connectivity index (χ3n) is 5.45. The Kier molecular flexibility index (Phi) is 6.39. The zero-order valence-corrected chi connectivity index (χ0v) is 18.4. The summed E-state index contributed by atoms with van der Waals surface area (Å²) in [6, 6.07) is 5.69. The van der Waals surface area contributed by atoms with E-state index in [0.29, 0.717) is 36.7 Å². The van der Waals surface area contributed by atoms with Gasteiger partial charge in [-0.25, -0.2) is 23.1 Å². The molecule has 1 atom stereocenters. The lowest BCUT2D eigenvalue weighted by Crippen LogP contribution is -2.46. The summed E-state index contributed by atoms with van der Waals surface area (Å²) in [5, 5.41) is 0.379. The van der Waals surface area contributed by atoms with Gasteiger partial charge in [0.25, 0.3) is 12.0 Å². The maximum absolute atomic E-state index is 14.9. The molecule has 0 saturated carbocycles. The number of alkyl halides is 2. The minimum Gasteiger partial charge on any atom is -0.369 e. The fourth-order valence-electron chi connectivity index (χ4n) is 3.90. The van der Waals surface area contributed by atoms with Crippen LogP contribution < -0.4 is 10.5 Å². The second kappa shape index (κ2) is 9.07. The molecule has 2 aromatic heterocycles. The van der Waals surface area contributed by atoms with Crippen molar-refractivity contribution < 1.29 is 17.9 Å². The van der Waals surface area contributed by atoms with Crippen molar-refractivity contribution in [3.63, 3.8) is 0 Å². The van der Waals surface area contributed by atoms with E-state index in [0.717, 1.165) is 6.07 Å². The molecule has 0 unspecified atom stereocenters. The molecule has 3 aromatic rings. The van der Waals surface area contributed by atoms with Gasteiger partial charge in [-0.2, -0.15) is 0 Å². The van der Waals surface area contributed by atoms with E-state index < -0.39 is 18.3 Å². The van der Waals surface area contributed by atoms with Crippen molar-refractivity contribution in [3.05, 3.63) is 51.3 Å². The number of anilines is 1. The van der Waals surface area contributed by atoms with Gasteiger partial charge >= 0.3 is 0 Å². The van der Waals surface area contributed by atoms with Crippen molar-refractivity contribution >= 4 is 28.3 Å².